The van der Waals surface area contributed by atoms with E-state index in [1.54, 1.807) is 5.56 Å². The van der Waals surface area contributed by atoms with Gasteiger partial charge in [-0.15, -0.1) is 11.3 Å². The SMILES string of the molecule is Cc1sc(CNC2CC2)cc1CN1CCCCC1. The Kier molecular flexibility index (Phi) is 4.02. The molecular formula is C15H24N2S. The van der Waals surface area contributed by atoms with Crippen LogP contribution in [0.4, 0.5) is 0 Å². The van der Waals surface area contributed by atoms with E-state index in [2.05, 4.69) is 23.2 Å². The number of rotatable bonds is 5. The molecule has 18 heavy (non-hydrogen) atoms. The van der Waals surface area contributed by atoms with Gasteiger partial charge in [0.15, 0.2) is 0 Å². The Labute approximate surface area is 114 Å². The average Bonchev–Trinajstić information content (AvgIpc) is 3.15. The van der Waals surface area contributed by atoms with Crippen molar-refractivity contribution in [1.29, 1.82) is 0 Å². The van der Waals surface area contributed by atoms with Gasteiger partial charge in [-0.1, -0.05) is 6.42 Å². The molecule has 1 aliphatic carbocycles. The number of nitrogens with one attached hydrogen (secondary N) is 1. The van der Waals surface area contributed by atoms with E-state index >= 15 is 0 Å². The molecule has 2 aliphatic rings. The maximum Gasteiger partial charge on any atom is 0.0302 e. The second kappa shape index (κ2) is 5.72. The molecule has 0 bridgehead atoms. The van der Waals surface area contributed by atoms with Crippen molar-refractivity contribution >= 4 is 11.3 Å². The third kappa shape index (κ3) is 3.34. The molecule has 2 nitrogen and oxygen atoms in total. The molecule has 0 unspecified atom stereocenters. The first-order valence-corrected chi connectivity index (χ1v) is 8.17. The first-order chi connectivity index (χ1) is 8.81. The van der Waals surface area contributed by atoms with Crippen molar-refractivity contribution in [2.24, 2.45) is 0 Å². The van der Waals surface area contributed by atoms with Gasteiger partial charge in [-0.05, 0) is 57.3 Å². The van der Waals surface area contributed by atoms with E-state index in [-0.39, 0.29) is 0 Å². The number of piperidine rings is 1. The lowest BCUT2D eigenvalue weighted by Gasteiger charge is -2.26. The summed E-state index contributed by atoms with van der Waals surface area (Å²) in [4.78, 5) is 5.66. The summed E-state index contributed by atoms with van der Waals surface area (Å²) in [6, 6.07) is 3.25. The highest BCUT2D eigenvalue weighted by Gasteiger charge is 2.20. The summed E-state index contributed by atoms with van der Waals surface area (Å²) >= 11 is 1.98. The number of thiophene rings is 1. The van der Waals surface area contributed by atoms with Crippen LogP contribution in [0.2, 0.25) is 0 Å². The van der Waals surface area contributed by atoms with Gasteiger partial charge < -0.3 is 5.32 Å². The molecule has 3 rings (SSSR count). The highest BCUT2D eigenvalue weighted by Crippen LogP contribution is 2.26. The lowest BCUT2D eigenvalue weighted by atomic mass is 10.1. The standard InChI is InChI=1S/C15H24N2S/c1-12-13(11-17-7-3-2-4-8-17)9-15(18-12)10-16-14-5-6-14/h9,14,16H,2-8,10-11H2,1H3. The number of aryl methyl sites for hydroxylation is 1. The lowest BCUT2D eigenvalue weighted by molar-refractivity contribution is 0.221. The molecule has 1 aromatic rings. The molecule has 3 heteroatoms. The Balaban J connectivity index is 1.56. The number of hydrogen-bond donors (Lipinski definition) is 1. The molecular weight excluding hydrogens is 240 g/mol. The van der Waals surface area contributed by atoms with Crippen LogP contribution in [-0.2, 0) is 13.1 Å². The van der Waals surface area contributed by atoms with E-state index in [0.29, 0.717) is 0 Å². The first kappa shape index (κ1) is 12.6. The molecule has 1 aromatic heterocycles. The van der Waals surface area contributed by atoms with Gasteiger partial charge in [0, 0.05) is 28.9 Å². The summed E-state index contributed by atoms with van der Waals surface area (Å²) in [5.41, 5.74) is 1.56. The predicted molar refractivity (Wildman–Crippen MR) is 78.0 cm³/mol. The second-order valence-electron chi connectivity index (χ2n) is 5.79. The summed E-state index contributed by atoms with van der Waals surface area (Å²) in [7, 11) is 0. The van der Waals surface area contributed by atoms with E-state index < -0.39 is 0 Å². The Morgan fingerprint density at radius 3 is 2.78 bits per heavy atom. The van der Waals surface area contributed by atoms with Crippen LogP contribution >= 0.6 is 11.3 Å². The van der Waals surface area contributed by atoms with Gasteiger partial charge in [-0.2, -0.15) is 0 Å². The quantitative estimate of drug-likeness (QED) is 0.878. The van der Waals surface area contributed by atoms with E-state index in [9.17, 15) is 0 Å². The van der Waals surface area contributed by atoms with Crippen LogP contribution in [0.3, 0.4) is 0 Å². The Bertz CT molecular complexity index is 389. The number of likely N-dealkylation sites (tertiary alicyclic amines) is 1. The molecule has 1 saturated heterocycles. The van der Waals surface area contributed by atoms with Gasteiger partial charge in [0.2, 0.25) is 0 Å². The van der Waals surface area contributed by atoms with Crippen LogP contribution in [0.25, 0.3) is 0 Å². The fourth-order valence-corrected chi connectivity index (χ4v) is 3.73. The van der Waals surface area contributed by atoms with Gasteiger partial charge in [-0.3, -0.25) is 4.90 Å². The normalized spacial score (nSPS) is 21.4. The van der Waals surface area contributed by atoms with Crippen molar-refractivity contribution in [3.63, 3.8) is 0 Å². The van der Waals surface area contributed by atoms with E-state index in [1.165, 1.54) is 61.5 Å². The zero-order valence-corrected chi connectivity index (χ0v) is 12.2. The topological polar surface area (TPSA) is 15.3 Å². The van der Waals surface area contributed by atoms with Crippen LogP contribution in [0, 0.1) is 6.92 Å². The Morgan fingerprint density at radius 2 is 2.06 bits per heavy atom. The number of hydrogen-bond acceptors (Lipinski definition) is 3. The maximum absolute atomic E-state index is 3.61. The minimum Gasteiger partial charge on any atom is -0.309 e. The summed E-state index contributed by atoms with van der Waals surface area (Å²) in [6.07, 6.45) is 6.96. The van der Waals surface area contributed by atoms with Crippen molar-refractivity contribution in [2.45, 2.75) is 58.2 Å². The van der Waals surface area contributed by atoms with Gasteiger partial charge in [0.1, 0.15) is 0 Å². The van der Waals surface area contributed by atoms with Crippen molar-refractivity contribution in [3.05, 3.63) is 21.4 Å². The summed E-state index contributed by atoms with van der Waals surface area (Å²) in [6.45, 7) is 7.13. The molecule has 1 aliphatic heterocycles. The maximum atomic E-state index is 3.61. The zero-order valence-electron chi connectivity index (χ0n) is 11.4. The van der Waals surface area contributed by atoms with Crippen molar-refractivity contribution in [3.8, 4) is 0 Å². The van der Waals surface area contributed by atoms with Crippen molar-refractivity contribution in [2.75, 3.05) is 13.1 Å². The monoisotopic (exact) mass is 264 g/mol. The van der Waals surface area contributed by atoms with Crippen LogP contribution < -0.4 is 5.32 Å². The highest BCUT2D eigenvalue weighted by molar-refractivity contribution is 7.12. The molecule has 0 amide bonds. The largest absolute Gasteiger partial charge is 0.309 e. The Morgan fingerprint density at radius 1 is 1.28 bits per heavy atom. The van der Waals surface area contributed by atoms with E-state index in [0.717, 1.165) is 12.6 Å². The van der Waals surface area contributed by atoms with Gasteiger partial charge in [0.25, 0.3) is 0 Å². The molecule has 0 spiro atoms. The van der Waals surface area contributed by atoms with Crippen molar-refractivity contribution in [1.82, 2.24) is 10.2 Å². The fourth-order valence-electron chi connectivity index (χ4n) is 2.72. The fraction of sp³-hybridized carbons (Fsp3) is 0.733. The van der Waals surface area contributed by atoms with Crippen LogP contribution in [0.1, 0.15) is 47.4 Å². The minimum absolute atomic E-state index is 0.818. The molecule has 100 valence electrons. The lowest BCUT2D eigenvalue weighted by Crippen LogP contribution is -2.29. The highest BCUT2D eigenvalue weighted by atomic mass is 32.1. The molecule has 1 saturated carbocycles. The minimum atomic E-state index is 0.818. The van der Waals surface area contributed by atoms with Gasteiger partial charge in [0.05, 0.1) is 0 Å². The average molecular weight is 264 g/mol. The predicted octanol–water partition coefficient (Wildman–Crippen LogP) is 3.29. The summed E-state index contributed by atoms with van der Waals surface area (Å²) in [5, 5.41) is 3.61. The van der Waals surface area contributed by atoms with Crippen molar-refractivity contribution < 1.29 is 0 Å². The Hall–Kier alpha value is -0.380. The first-order valence-electron chi connectivity index (χ1n) is 7.35. The zero-order chi connectivity index (χ0) is 12.4. The molecule has 2 fully saturated rings. The van der Waals surface area contributed by atoms with Gasteiger partial charge in [-0.25, -0.2) is 0 Å². The van der Waals surface area contributed by atoms with Crippen LogP contribution in [-0.4, -0.2) is 24.0 Å². The van der Waals surface area contributed by atoms with E-state index in [1.807, 2.05) is 11.3 Å². The van der Waals surface area contributed by atoms with Crippen LogP contribution in [0.5, 0.6) is 0 Å². The molecule has 0 aromatic carbocycles. The molecule has 0 atom stereocenters. The van der Waals surface area contributed by atoms with Crippen LogP contribution in [0.15, 0.2) is 6.07 Å². The second-order valence-corrected chi connectivity index (χ2v) is 7.13. The third-order valence-corrected chi connectivity index (χ3v) is 5.15. The molecule has 2 heterocycles. The smallest absolute Gasteiger partial charge is 0.0302 e. The number of nitrogens with zero attached hydrogens (tertiary/aromatic N) is 1. The van der Waals surface area contributed by atoms with Gasteiger partial charge >= 0.3 is 0 Å². The summed E-state index contributed by atoms with van der Waals surface area (Å²) in [5.74, 6) is 0. The third-order valence-electron chi connectivity index (χ3n) is 4.06. The molecule has 0 radical (unpaired) electrons. The van der Waals surface area contributed by atoms with E-state index in [4.69, 9.17) is 0 Å². The molecule has 1 N–H and O–H groups in total. The summed E-state index contributed by atoms with van der Waals surface area (Å²) < 4.78 is 0.